The van der Waals surface area contributed by atoms with Gasteiger partial charge in [0.15, 0.2) is 0 Å². The lowest BCUT2D eigenvalue weighted by Gasteiger charge is -2.25. The van der Waals surface area contributed by atoms with Crippen LogP contribution < -0.4 is 5.32 Å². The molecule has 0 aromatic carbocycles. The van der Waals surface area contributed by atoms with Gasteiger partial charge in [0.1, 0.15) is 0 Å². The van der Waals surface area contributed by atoms with Gasteiger partial charge in [0.2, 0.25) is 0 Å². The lowest BCUT2D eigenvalue weighted by atomic mass is 9.95. The summed E-state index contributed by atoms with van der Waals surface area (Å²) in [5, 5.41) is 3.27. The number of ether oxygens (including phenoxy) is 1. The fraction of sp³-hybridized carbons (Fsp3) is 1.00. The second kappa shape index (κ2) is 6.54. The van der Waals surface area contributed by atoms with Crippen molar-refractivity contribution >= 4 is 10.1 Å². The Morgan fingerprint density at radius 3 is 2.50 bits per heavy atom. The molecule has 1 unspecified atom stereocenters. The van der Waals surface area contributed by atoms with Gasteiger partial charge >= 0.3 is 0 Å². The van der Waals surface area contributed by atoms with Gasteiger partial charge in [0.25, 0.3) is 0 Å². The molecule has 0 bridgehead atoms. The predicted octanol–water partition coefficient (Wildman–Crippen LogP) is 0.469. The number of methoxy groups -OCH3 is 1. The quantitative estimate of drug-likeness (QED) is 0.693. The molecule has 0 spiro atoms. The molecule has 1 aliphatic carbocycles. The predicted molar refractivity (Wildman–Crippen MR) is 60.2 cm³/mol. The van der Waals surface area contributed by atoms with Crippen molar-refractivity contribution in [3.8, 4) is 0 Å². The zero-order chi connectivity index (χ0) is 12.0. The third-order valence-electron chi connectivity index (χ3n) is 2.96. The van der Waals surface area contributed by atoms with E-state index in [-0.39, 0.29) is 0 Å². The van der Waals surface area contributed by atoms with Crippen LogP contribution in [0.1, 0.15) is 32.1 Å². The van der Waals surface area contributed by atoms with Gasteiger partial charge in [-0.1, -0.05) is 19.3 Å². The van der Waals surface area contributed by atoms with Crippen molar-refractivity contribution in [2.45, 2.75) is 44.2 Å². The minimum absolute atomic E-state index is 0.433. The standard InChI is InChI=1S/C10H21NO4S/c1-15-10(8-16(12,13)14)7-11-9-5-3-2-4-6-9/h9-11H,2-8H2,1H3,(H,12,13,14)/p-1. The molecule has 1 rings (SSSR count). The van der Waals surface area contributed by atoms with Crippen molar-refractivity contribution in [3.63, 3.8) is 0 Å². The number of hydrogen-bond donors (Lipinski definition) is 1. The minimum Gasteiger partial charge on any atom is -0.748 e. The molecule has 6 heteroatoms. The van der Waals surface area contributed by atoms with Crippen LogP contribution in [0.3, 0.4) is 0 Å². The van der Waals surface area contributed by atoms with Crippen molar-refractivity contribution in [2.24, 2.45) is 0 Å². The molecule has 96 valence electrons. The molecule has 0 amide bonds. The van der Waals surface area contributed by atoms with Gasteiger partial charge in [0.05, 0.1) is 22.0 Å². The van der Waals surface area contributed by atoms with E-state index in [2.05, 4.69) is 5.32 Å². The maximum atomic E-state index is 10.6. The van der Waals surface area contributed by atoms with Crippen LogP contribution in [0.4, 0.5) is 0 Å². The molecule has 1 fully saturated rings. The van der Waals surface area contributed by atoms with Crippen LogP contribution in [-0.4, -0.2) is 44.5 Å². The zero-order valence-electron chi connectivity index (χ0n) is 9.65. The normalized spacial score (nSPS) is 20.9. The lowest BCUT2D eigenvalue weighted by Crippen LogP contribution is -2.40. The number of rotatable bonds is 6. The van der Waals surface area contributed by atoms with Crippen molar-refractivity contribution in [1.29, 1.82) is 0 Å². The molecule has 1 saturated carbocycles. The number of nitrogens with one attached hydrogen (secondary N) is 1. The summed E-state index contributed by atoms with van der Waals surface area (Å²) in [5.41, 5.74) is 0. The van der Waals surface area contributed by atoms with Crippen LogP contribution in [0.25, 0.3) is 0 Å². The first-order valence-corrected chi connectivity index (χ1v) is 7.29. The third-order valence-corrected chi connectivity index (χ3v) is 3.74. The molecule has 1 aliphatic rings. The molecule has 0 heterocycles. The molecule has 5 nitrogen and oxygen atoms in total. The molecule has 0 radical (unpaired) electrons. The first-order chi connectivity index (χ1) is 7.51. The Morgan fingerprint density at radius 1 is 1.38 bits per heavy atom. The van der Waals surface area contributed by atoms with Gasteiger partial charge < -0.3 is 14.6 Å². The molecule has 1 N–H and O–H groups in total. The Kier molecular flexibility index (Phi) is 5.68. The molecule has 0 saturated heterocycles. The van der Waals surface area contributed by atoms with E-state index in [1.165, 1.54) is 26.4 Å². The van der Waals surface area contributed by atoms with Crippen molar-refractivity contribution in [3.05, 3.63) is 0 Å². The SMILES string of the molecule is COC(CNC1CCCCC1)CS(=O)(=O)[O-]. The van der Waals surface area contributed by atoms with E-state index >= 15 is 0 Å². The van der Waals surface area contributed by atoms with E-state index in [4.69, 9.17) is 4.74 Å². The zero-order valence-corrected chi connectivity index (χ0v) is 10.5. The van der Waals surface area contributed by atoms with E-state index in [1.807, 2.05) is 0 Å². The van der Waals surface area contributed by atoms with Crippen molar-refractivity contribution < 1.29 is 17.7 Å². The second-order valence-corrected chi connectivity index (χ2v) is 5.77. The molecule has 0 aromatic rings. The van der Waals surface area contributed by atoms with Crippen LogP contribution in [0.15, 0.2) is 0 Å². The van der Waals surface area contributed by atoms with Gasteiger partial charge in [-0.2, -0.15) is 0 Å². The van der Waals surface area contributed by atoms with Crippen LogP contribution in [-0.2, 0) is 14.9 Å². The Morgan fingerprint density at radius 2 is 2.00 bits per heavy atom. The summed E-state index contributed by atoms with van der Waals surface area (Å²) in [7, 11) is -2.77. The van der Waals surface area contributed by atoms with E-state index in [0.717, 1.165) is 12.8 Å². The molecule has 0 aromatic heterocycles. The Bertz CT molecular complexity index is 285. The van der Waals surface area contributed by atoms with Gasteiger partial charge in [-0.25, -0.2) is 8.42 Å². The van der Waals surface area contributed by atoms with Crippen LogP contribution >= 0.6 is 0 Å². The Hall–Kier alpha value is -0.170. The summed E-state index contributed by atoms with van der Waals surface area (Å²) in [5.74, 6) is -0.455. The van der Waals surface area contributed by atoms with Gasteiger partial charge in [-0.15, -0.1) is 0 Å². The highest BCUT2D eigenvalue weighted by Gasteiger charge is 2.16. The van der Waals surface area contributed by atoms with Crippen molar-refractivity contribution in [2.75, 3.05) is 19.4 Å². The highest BCUT2D eigenvalue weighted by Crippen LogP contribution is 2.17. The first kappa shape index (κ1) is 13.9. The summed E-state index contributed by atoms with van der Waals surface area (Å²) >= 11 is 0. The summed E-state index contributed by atoms with van der Waals surface area (Å²) in [6, 6.07) is 0.445. The summed E-state index contributed by atoms with van der Waals surface area (Å²) in [6.45, 7) is 0.433. The molecule has 16 heavy (non-hydrogen) atoms. The van der Waals surface area contributed by atoms with E-state index in [9.17, 15) is 13.0 Å². The Balaban J connectivity index is 2.27. The van der Waals surface area contributed by atoms with Gasteiger partial charge in [0, 0.05) is 19.7 Å². The topological polar surface area (TPSA) is 78.5 Å². The van der Waals surface area contributed by atoms with E-state index in [0.29, 0.717) is 12.6 Å². The molecular weight excluding hydrogens is 230 g/mol. The third kappa shape index (κ3) is 5.79. The fourth-order valence-corrected chi connectivity index (χ4v) is 2.75. The molecule has 0 aliphatic heterocycles. The largest absolute Gasteiger partial charge is 0.748 e. The summed E-state index contributed by atoms with van der Waals surface area (Å²) < 4.78 is 36.7. The average molecular weight is 250 g/mol. The van der Waals surface area contributed by atoms with Crippen LogP contribution in [0.5, 0.6) is 0 Å². The fourth-order valence-electron chi connectivity index (χ4n) is 2.04. The van der Waals surface area contributed by atoms with Crippen molar-refractivity contribution in [1.82, 2.24) is 5.32 Å². The lowest BCUT2D eigenvalue weighted by molar-refractivity contribution is 0.113. The van der Waals surface area contributed by atoms with Crippen LogP contribution in [0, 0.1) is 0 Å². The smallest absolute Gasteiger partial charge is 0.0972 e. The maximum absolute atomic E-state index is 10.6. The average Bonchev–Trinajstić information content (AvgIpc) is 2.24. The molecular formula is C10H20NO4S-. The van der Waals surface area contributed by atoms with Gasteiger partial charge in [-0.05, 0) is 12.8 Å². The molecule has 1 atom stereocenters. The minimum atomic E-state index is -4.20. The number of hydrogen-bond acceptors (Lipinski definition) is 5. The highest BCUT2D eigenvalue weighted by molar-refractivity contribution is 7.85. The maximum Gasteiger partial charge on any atom is 0.0972 e. The van der Waals surface area contributed by atoms with E-state index < -0.39 is 22.0 Å². The summed E-state index contributed by atoms with van der Waals surface area (Å²) in [6.07, 6.45) is 5.43. The van der Waals surface area contributed by atoms with Gasteiger partial charge in [-0.3, -0.25) is 0 Å². The second-order valence-electron chi connectivity index (χ2n) is 4.33. The first-order valence-electron chi connectivity index (χ1n) is 5.71. The summed E-state index contributed by atoms with van der Waals surface area (Å²) in [4.78, 5) is 0. The monoisotopic (exact) mass is 250 g/mol. The Labute approximate surface area is 97.3 Å². The highest BCUT2D eigenvalue weighted by atomic mass is 32.2. The van der Waals surface area contributed by atoms with E-state index in [1.54, 1.807) is 0 Å². The van der Waals surface area contributed by atoms with Crippen LogP contribution in [0.2, 0.25) is 0 Å².